The summed E-state index contributed by atoms with van der Waals surface area (Å²) in [6, 6.07) is 0.669. The zero-order chi connectivity index (χ0) is 9.80. The molecule has 1 saturated heterocycles. The molecule has 2 fully saturated rings. The third-order valence-corrected chi connectivity index (χ3v) is 4.05. The summed E-state index contributed by atoms with van der Waals surface area (Å²) in [6.07, 6.45) is 6.85. The average molecular weight is 212 g/mol. The lowest BCUT2D eigenvalue weighted by atomic mass is 10.2. The molecule has 1 unspecified atom stereocenters. The fourth-order valence-electron chi connectivity index (χ4n) is 1.72. The average Bonchev–Trinajstić information content (AvgIpc) is 2.91. The van der Waals surface area contributed by atoms with Gasteiger partial charge in [0.2, 0.25) is 0 Å². The molecule has 1 heterocycles. The molecule has 2 aliphatic rings. The fourth-order valence-corrected chi connectivity index (χ4v) is 2.83. The molecule has 0 radical (unpaired) electrons. The Kier molecular flexibility index (Phi) is 3.74. The normalized spacial score (nSPS) is 29.5. The Morgan fingerprint density at radius 3 is 3.00 bits per heavy atom. The minimum Gasteiger partial charge on any atom is -0.361 e. The van der Waals surface area contributed by atoms with Gasteiger partial charge in [0.05, 0.1) is 0 Å². The Balaban J connectivity index is 1.60. The van der Waals surface area contributed by atoms with Gasteiger partial charge in [-0.15, -0.1) is 0 Å². The van der Waals surface area contributed by atoms with Crippen molar-refractivity contribution in [3.63, 3.8) is 0 Å². The van der Waals surface area contributed by atoms with Gasteiger partial charge in [0.15, 0.2) is 5.17 Å². The van der Waals surface area contributed by atoms with Crippen molar-refractivity contribution < 1.29 is 0 Å². The second-order valence-electron chi connectivity index (χ2n) is 4.33. The number of rotatable bonds is 5. The van der Waals surface area contributed by atoms with Crippen LogP contribution in [0.1, 0.15) is 39.0 Å². The van der Waals surface area contributed by atoms with Gasteiger partial charge in [-0.25, -0.2) is 0 Å². The van der Waals surface area contributed by atoms with E-state index in [1.807, 2.05) is 11.8 Å². The second kappa shape index (κ2) is 5.06. The zero-order valence-corrected chi connectivity index (χ0v) is 9.78. The topological polar surface area (TPSA) is 24.4 Å². The number of aliphatic imine (C=N–C) groups is 1. The van der Waals surface area contributed by atoms with Crippen LogP contribution in [0.2, 0.25) is 0 Å². The van der Waals surface area contributed by atoms with E-state index in [0.29, 0.717) is 6.04 Å². The van der Waals surface area contributed by atoms with Crippen LogP contribution in [0.5, 0.6) is 0 Å². The van der Waals surface area contributed by atoms with Gasteiger partial charge in [0.1, 0.15) is 0 Å². The van der Waals surface area contributed by atoms with E-state index in [1.54, 1.807) is 0 Å². The molecule has 0 aromatic heterocycles. The SMILES string of the molecule is CCC1CSC(=NCCCC2CC2)N1. The first-order chi connectivity index (χ1) is 6.88. The van der Waals surface area contributed by atoms with Crippen LogP contribution in [0.15, 0.2) is 4.99 Å². The van der Waals surface area contributed by atoms with Crippen LogP contribution in [0, 0.1) is 5.92 Å². The van der Waals surface area contributed by atoms with Crippen LogP contribution in [0.4, 0.5) is 0 Å². The van der Waals surface area contributed by atoms with Crippen molar-refractivity contribution in [2.24, 2.45) is 10.9 Å². The van der Waals surface area contributed by atoms with Gasteiger partial charge in [0, 0.05) is 18.3 Å². The van der Waals surface area contributed by atoms with Crippen molar-refractivity contribution >= 4 is 16.9 Å². The van der Waals surface area contributed by atoms with Crippen molar-refractivity contribution in [3.05, 3.63) is 0 Å². The fraction of sp³-hybridized carbons (Fsp3) is 0.909. The third-order valence-electron chi connectivity index (χ3n) is 2.96. The summed E-state index contributed by atoms with van der Waals surface area (Å²) in [6.45, 7) is 3.26. The molecule has 0 bridgehead atoms. The quantitative estimate of drug-likeness (QED) is 0.709. The molecule has 0 aromatic carbocycles. The van der Waals surface area contributed by atoms with Crippen LogP contribution in [0.3, 0.4) is 0 Å². The first-order valence-corrected chi connectivity index (χ1v) is 6.81. The maximum Gasteiger partial charge on any atom is 0.156 e. The van der Waals surface area contributed by atoms with E-state index in [4.69, 9.17) is 0 Å². The summed E-state index contributed by atoms with van der Waals surface area (Å²) in [7, 11) is 0. The molecule has 2 rings (SSSR count). The van der Waals surface area contributed by atoms with E-state index >= 15 is 0 Å². The monoisotopic (exact) mass is 212 g/mol. The Morgan fingerprint density at radius 2 is 2.36 bits per heavy atom. The van der Waals surface area contributed by atoms with Crippen LogP contribution in [-0.2, 0) is 0 Å². The molecular weight excluding hydrogens is 192 g/mol. The van der Waals surface area contributed by atoms with Crippen LogP contribution < -0.4 is 5.32 Å². The van der Waals surface area contributed by atoms with E-state index < -0.39 is 0 Å². The largest absolute Gasteiger partial charge is 0.361 e. The minimum atomic E-state index is 0.669. The lowest BCUT2D eigenvalue weighted by Crippen LogP contribution is -2.25. The summed E-state index contributed by atoms with van der Waals surface area (Å²) in [5.41, 5.74) is 0. The van der Waals surface area contributed by atoms with Crippen molar-refractivity contribution in [3.8, 4) is 0 Å². The highest BCUT2D eigenvalue weighted by molar-refractivity contribution is 8.14. The molecule has 1 atom stereocenters. The van der Waals surface area contributed by atoms with Crippen LogP contribution in [-0.4, -0.2) is 23.5 Å². The number of amidine groups is 1. The number of hydrogen-bond donors (Lipinski definition) is 1. The molecule has 0 spiro atoms. The lowest BCUT2D eigenvalue weighted by Gasteiger charge is -2.04. The van der Waals surface area contributed by atoms with Crippen molar-refractivity contribution in [1.82, 2.24) is 5.32 Å². The third kappa shape index (κ3) is 3.19. The first kappa shape index (κ1) is 10.3. The molecule has 14 heavy (non-hydrogen) atoms. The number of hydrogen-bond acceptors (Lipinski definition) is 2. The highest BCUT2D eigenvalue weighted by Crippen LogP contribution is 2.33. The maximum atomic E-state index is 4.59. The van der Waals surface area contributed by atoms with Gasteiger partial charge in [0.25, 0.3) is 0 Å². The number of nitrogens with zero attached hydrogens (tertiary/aromatic N) is 1. The Morgan fingerprint density at radius 1 is 1.50 bits per heavy atom. The zero-order valence-electron chi connectivity index (χ0n) is 8.96. The Bertz CT molecular complexity index is 211. The second-order valence-corrected chi connectivity index (χ2v) is 5.34. The van der Waals surface area contributed by atoms with Crippen molar-refractivity contribution in [2.45, 2.75) is 45.1 Å². The molecule has 1 aliphatic heterocycles. The molecule has 0 aromatic rings. The molecule has 1 saturated carbocycles. The van der Waals surface area contributed by atoms with Crippen molar-refractivity contribution in [2.75, 3.05) is 12.3 Å². The summed E-state index contributed by atoms with van der Waals surface area (Å²) in [5, 5.41) is 4.64. The molecular formula is C11H20N2S. The van der Waals surface area contributed by atoms with Gasteiger partial charge < -0.3 is 5.32 Å². The van der Waals surface area contributed by atoms with Gasteiger partial charge >= 0.3 is 0 Å². The first-order valence-electron chi connectivity index (χ1n) is 5.82. The standard InChI is InChI=1S/C11H20N2S/c1-2-10-8-14-11(13-10)12-7-3-4-9-5-6-9/h9-10H,2-8H2,1H3,(H,12,13). The van der Waals surface area contributed by atoms with Gasteiger partial charge in [-0.2, -0.15) is 0 Å². The summed E-state index contributed by atoms with van der Waals surface area (Å²) >= 11 is 1.89. The van der Waals surface area contributed by atoms with E-state index in [-0.39, 0.29) is 0 Å². The highest BCUT2D eigenvalue weighted by atomic mass is 32.2. The molecule has 2 nitrogen and oxygen atoms in total. The van der Waals surface area contributed by atoms with E-state index in [1.165, 1.54) is 43.0 Å². The maximum absolute atomic E-state index is 4.59. The molecule has 0 amide bonds. The lowest BCUT2D eigenvalue weighted by molar-refractivity contribution is 0.657. The Labute approximate surface area is 90.9 Å². The van der Waals surface area contributed by atoms with Crippen LogP contribution in [0.25, 0.3) is 0 Å². The highest BCUT2D eigenvalue weighted by Gasteiger charge is 2.20. The van der Waals surface area contributed by atoms with Crippen LogP contribution >= 0.6 is 11.8 Å². The summed E-state index contributed by atoms with van der Waals surface area (Å²) in [5.74, 6) is 2.26. The van der Waals surface area contributed by atoms with E-state index in [2.05, 4.69) is 17.2 Å². The smallest absolute Gasteiger partial charge is 0.156 e. The molecule has 1 N–H and O–H groups in total. The molecule has 80 valence electrons. The van der Waals surface area contributed by atoms with E-state index in [9.17, 15) is 0 Å². The number of nitrogens with one attached hydrogen (secondary N) is 1. The molecule has 3 heteroatoms. The molecule has 1 aliphatic carbocycles. The summed E-state index contributed by atoms with van der Waals surface area (Å²) in [4.78, 5) is 4.59. The Hall–Kier alpha value is -0.180. The van der Waals surface area contributed by atoms with Gasteiger partial charge in [-0.05, 0) is 25.2 Å². The van der Waals surface area contributed by atoms with Crippen molar-refractivity contribution in [1.29, 1.82) is 0 Å². The van der Waals surface area contributed by atoms with Gasteiger partial charge in [-0.1, -0.05) is 31.5 Å². The predicted molar refractivity (Wildman–Crippen MR) is 63.9 cm³/mol. The van der Waals surface area contributed by atoms with E-state index in [0.717, 1.165) is 12.5 Å². The predicted octanol–water partition coefficient (Wildman–Crippen LogP) is 2.65. The summed E-state index contributed by atoms with van der Waals surface area (Å²) < 4.78 is 0. The van der Waals surface area contributed by atoms with Gasteiger partial charge in [-0.3, -0.25) is 4.99 Å². The minimum absolute atomic E-state index is 0.669. The number of thioether (sulfide) groups is 1.